The lowest BCUT2D eigenvalue weighted by atomic mass is 10.0. The molecule has 0 aliphatic carbocycles. The van der Waals surface area contributed by atoms with Gasteiger partial charge in [-0.3, -0.25) is 0 Å². The van der Waals surface area contributed by atoms with Crippen molar-refractivity contribution in [1.29, 1.82) is 0 Å². The highest BCUT2D eigenvalue weighted by Crippen LogP contribution is 2.38. The van der Waals surface area contributed by atoms with Gasteiger partial charge in [0.05, 0.1) is 7.11 Å². The lowest BCUT2D eigenvalue weighted by Gasteiger charge is -2.11. The lowest BCUT2D eigenvalue weighted by Crippen LogP contribution is -2.17. The summed E-state index contributed by atoms with van der Waals surface area (Å²) < 4.78 is 16.3. The Morgan fingerprint density at radius 3 is 2.64 bits per heavy atom. The molecule has 128 valence electrons. The van der Waals surface area contributed by atoms with E-state index in [-0.39, 0.29) is 6.79 Å². The van der Waals surface area contributed by atoms with E-state index < -0.39 is 0 Å². The van der Waals surface area contributed by atoms with E-state index in [0.717, 1.165) is 42.3 Å². The molecule has 1 aliphatic heterocycles. The first-order valence-corrected chi connectivity index (χ1v) is 8.49. The SMILES string of the molecule is COc1cc2c(cc1CCNCc1cccc3ccccc13)OCO2. The highest BCUT2D eigenvalue weighted by molar-refractivity contribution is 5.85. The third-order valence-electron chi connectivity index (χ3n) is 4.54. The number of hydrogen-bond donors (Lipinski definition) is 1. The first-order chi connectivity index (χ1) is 12.3. The van der Waals surface area contributed by atoms with Gasteiger partial charge in [0.15, 0.2) is 11.5 Å². The normalized spacial score (nSPS) is 12.5. The Labute approximate surface area is 147 Å². The summed E-state index contributed by atoms with van der Waals surface area (Å²) in [6.07, 6.45) is 0.866. The molecule has 3 aromatic rings. The fourth-order valence-electron chi connectivity index (χ4n) is 3.24. The van der Waals surface area contributed by atoms with Crippen LogP contribution < -0.4 is 19.5 Å². The molecule has 0 radical (unpaired) electrons. The predicted molar refractivity (Wildman–Crippen MR) is 98.5 cm³/mol. The van der Waals surface area contributed by atoms with Crippen LogP contribution in [0.3, 0.4) is 0 Å². The molecule has 0 amide bonds. The highest BCUT2D eigenvalue weighted by Gasteiger charge is 2.17. The molecule has 1 aliphatic rings. The molecule has 4 rings (SSSR count). The van der Waals surface area contributed by atoms with Crippen LogP contribution in [0.4, 0.5) is 0 Å². The molecular weight excluding hydrogens is 314 g/mol. The van der Waals surface area contributed by atoms with Crippen molar-refractivity contribution in [2.24, 2.45) is 0 Å². The van der Waals surface area contributed by atoms with Gasteiger partial charge in [0.1, 0.15) is 5.75 Å². The van der Waals surface area contributed by atoms with Crippen LogP contribution in [0.25, 0.3) is 10.8 Å². The minimum atomic E-state index is 0.279. The fraction of sp³-hybridized carbons (Fsp3) is 0.238. The summed E-state index contributed by atoms with van der Waals surface area (Å²) in [6, 6.07) is 18.8. The molecule has 0 fully saturated rings. The van der Waals surface area contributed by atoms with E-state index in [2.05, 4.69) is 47.8 Å². The van der Waals surface area contributed by atoms with Gasteiger partial charge in [-0.05, 0) is 40.9 Å². The third kappa shape index (κ3) is 3.26. The zero-order valence-electron chi connectivity index (χ0n) is 14.2. The minimum absolute atomic E-state index is 0.279. The summed E-state index contributed by atoms with van der Waals surface area (Å²) in [7, 11) is 1.69. The fourth-order valence-corrected chi connectivity index (χ4v) is 3.24. The Kier molecular flexibility index (Phi) is 4.44. The van der Waals surface area contributed by atoms with E-state index in [4.69, 9.17) is 14.2 Å². The second-order valence-corrected chi connectivity index (χ2v) is 6.08. The molecule has 4 heteroatoms. The Balaban J connectivity index is 1.41. The number of fused-ring (bicyclic) bond motifs is 2. The molecule has 0 bridgehead atoms. The summed E-state index contributed by atoms with van der Waals surface area (Å²) in [5, 5.41) is 6.11. The van der Waals surface area contributed by atoms with Gasteiger partial charge >= 0.3 is 0 Å². The van der Waals surface area contributed by atoms with Crippen molar-refractivity contribution in [1.82, 2.24) is 5.32 Å². The van der Waals surface area contributed by atoms with E-state index in [9.17, 15) is 0 Å². The number of ether oxygens (including phenoxy) is 3. The first kappa shape index (κ1) is 15.8. The summed E-state index contributed by atoms with van der Waals surface area (Å²) in [5.41, 5.74) is 2.44. The van der Waals surface area contributed by atoms with E-state index >= 15 is 0 Å². The van der Waals surface area contributed by atoms with Gasteiger partial charge in [-0.25, -0.2) is 0 Å². The smallest absolute Gasteiger partial charge is 0.231 e. The van der Waals surface area contributed by atoms with Crippen molar-refractivity contribution in [2.75, 3.05) is 20.4 Å². The van der Waals surface area contributed by atoms with Crippen LogP contribution in [-0.2, 0) is 13.0 Å². The maximum atomic E-state index is 5.48. The largest absolute Gasteiger partial charge is 0.496 e. The molecule has 0 aromatic heterocycles. The number of methoxy groups -OCH3 is 1. The first-order valence-electron chi connectivity index (χ1n) is 8.49. The van der Waals surface area contributed by atoms with Crippen LogP contribution in [0.2, 0.25) is 0 Å². The molecule has 3 aromatic carbocycles. The predicted octanol–water partition coefficient (Wildman–Crippen LogP) is 3.91. The van der Waals surface area contributed by atoms with Crippen LogP contribution in [0.1, 0.15) is 11.1 Å². The Morgan fingerprint density at radius 2 is 1.76 bits per heavy atom. The second-order valence-electron chi connectivity index (χ2n) is 6.08. The van der Waals surface area contributed by atoms with Gasteiger partial charge in [0.2, 0.25) is 6.79 Å². The molecule has 0 unspecified atom stereocenters. The maximum Gasteiger partial charge on any atom is 0.231 e. The van der Waals surface area contributed by atoms with Gasteiger partial charge in [0, 0.05) is 12.6 Å². The number of nitrogens with one attached hydrogen (secondary N) is 1. The second kappa shape index (κ2) is 7.03. The van der Waals surface area contributed by atoms with Crippen LogP contribution in [0, 0.1) is 0 Å². The van der Waals surface area contributed by atoms with Gasteiger partial charge in [0.25, 0.3) is 0 Å². The Hall–Kier alpha value is -2.72. The molecular formula is C21H21NO3. The van der Waals surface area contributed by atoms with Gasteiger partial charge in [-0.15, -0.1) is 0 Å². The van der Waals surface area contributed by atoms with Crippen molar-refractivity contribution in [3.63, 3.8) is 0 Å². The summed E-state index contributed by atoms with van der Waals surface area (Å²) in [6.45, 7) is 1.98. The quantitative estimate of drug-likeness (QED) is 0.693. The van der Waals surface area contributed by atoms with E-state index in [0.29, 0.717) is 0 Å². The molecule has 1 heterocycles. The van der Waals surface area contributed by atoms with Crippen molar-refractivity contribution >= 4 is 10.8 Å². The van der Waals surface area contributed by atoms with Crippen LogP contribution in [0.15, 0.2) is 54.6 Å². The zero-order valence-corrected chi connectivity index (χ0v) is 14.2. The molecule has 0 atom stereocenters. The molecule has 0 spiro atoms. The minimum Gasteiger partial charge on any atom is -0.496 e. The molecule has 4 nitrogen and oxygen atoms in total. The monoisotopic (exact) mass is 335 g/mol. The zero-order chi connectivity index (χ0) is 17.1. The Morgan fingerprint density at radius 1 is 0.960 bits per heavy atom. The van der Waals surface area contributed by atoms with Gasteiger partial charge in [-0.1, -0.05) is 42.5 Å². The highest BCUT2D eigenvalue weighted by atomic mass is 16.7. The molecule has 0 saturated carbocycles. The molecule has 1 N–H and O–H groups in total. The van der Waals surface area contributed by atoms with Gasteiger partial charge in [-0.2, -0.15) is 0 Å². The average Bonchev–Trinajstić information content (AvgIpc) is 3.11. The maximum absolute atomic E-state index is 5.48. The average molecular weight is 335 g/mol. The molecule has 25 heavy (non-hydrogen) atoms. The summed E-state index contributed by atoms with van der Waals surface area (Å²) >= 11 is 0. The van der Waals surface area contributed by atoms with E-state index in [1.54, 1.807) is 7.11 Å². The van der Waals surface area contributed by atoms with Crippen LogP contribution >= 0.6 is 0 Å². The van der Waals surface area contributed by atoms with Gasteiger partial charge < -0.3 is 19.5 Å². The number of benzene rings is 3. The Bertz CT molecular complexity index is 886. The van der Waals surface area contributed by atoms with E-state index in [1.165, 1.54) is 16.3 Å². The van der Waals surface area contributed by atoms with Crippen molar-refractivity contribution in [3.05, 3.63) is 65.7 Å². The van der Waals surface area contributed by atoms with Crippen LogP contribution in [-0.4, -0.2) is 20.4 Å². The topological polar surface area (TPSA) is 39.7 Å². The van der Waals surface area contributed by atoms with Crippen molar-refractivity contribution < 1.29 is 14.2 Å². The summed E-state index contributed by atoms with van der Waals surface area (Å²) in [5.74, 6) is 2.39. The van der Waals surface area contributed by atoms with Crippen molar-refractivity contribution in [2.45, 2.75) is 13.0 Å². The van der Waals surface area contributed by atoms with Crippen LogP contribution in [0.5, 0.6) is 17.2 Å². The summed E-state index contributed by atoms with van der Waals surface area (Å²) in [4.78, 5) is 0. The molecule has 0 saturated heterocycles. The van der Waals surface area contributed by atoms with E-state index in [1.807, 2.05) is 12.1 Å². The number of hydrogen-bond acceptors (Lipinski definition) is 4. The van der Waals surface area contributed by atoms with Crippen molar-refractivity contribution in [3.8, 4) is 17.2 Å². The number of rotatable bonds is 6. The standard InChI is InChI=1S/C21H21NO3/c1-23-19-12-21-20(24-14-25-21)11-16(19)9-10-22-13-17-7-4-6-15-5-2-3-8-18(15)17/h2-8,11-12,22H,9-10,13-14H2,1H3. The lowest BCUT2D eigenvalue weighted by molar-refractivity contribution is 0.174. The third-order valence-corrected chi connectivity index (χ3v) is 4.54.